The molecule has 0 radical (unpaired) electrons. The second kappa shape index (κ2) is 16.2. The van der Waals surface area contributed by atoms with Crippen LogP contribution in [0.3, 0.4) is 0 Å². The monoisotopic (exact) mass is 606 g/mol. The molecule has 2 aromatic rings. The number of phenolic OH excluding ortho intramolecular Hbond substituents is 2. The number of hydrogen-bond donors (Lipinski definition) is 2. The minimum Gasteiger partial charge on any atom is -0.508 e. The Kier molecular flexibility index (Phi) is 15.3. The van der Waals surface area contributed by atoms with Crippen LogP contribution in [0.4, 0.5) is 0 Å². The maximum absolute atomic E-state index is 9.45. The van der Waals surface area contributed by atoms with Crippen molar-refractivity contribution in [2.45, 2.75) is 107 Å². The largest absolute Gasteiger partial charge is 0.508 e. The molecule has 212 valence electrons. The van der Waals surface area contributed by atoms with Gasteiger partial charge in [0.25, 0.3) is 0 Å². The molecule has 0 fully saturated rings. The van der Waals surface area contributed by atoms with Crippen LogP contribution in [0.15, 0.2) is 94.1 Å². The number of benzene rings is 2. The number of hydrogen-bond acceptors (Lipinski definition) is 2. The number of rotatable bonds is 0. The average Bonchev–Trinajstić information content (AvgIpc) is 3.25. The van der Waals surface area contributed by atoms with Crippen molar-refractivity contribution in [3.8, 4) is 11.5 Å². The normalized spacial score (nSPS) is 14.6. The fraction of sp³-hybridized carbons (Fsp3) is 0.444. The van der Waals surface area contributed by atoms with E-state index >= 15 is 0 Å². The second-order valence-corrected chi connectivity index (χ2v) is 12.8. The molecule has 0 aromatic heterocycles. The van der Waals surface area contributed by atoms with Crippen LogP contribution in [0.2, 0.25) is 0 Å². The number of phenols is 2. The molecular formula is C36H52O2Zr. The van der Waals surface area contributed by atoms with Gasteiger partial charge in [0, 0.05) is 26.2 Å². The average molecular weight is 608 g/mol. The summed E-state index contributed by atoms with van der Waals surface area (Å²) in [6.07, 6.45) is 6.92. The summed E-state index contributed by atoms with van der Waals surface area (Å²) >= 11 is 0. The van der Waals surface area contributed by atoms with Gasteiger partial charge in [0.05, 0.1) is 0 Å². The first kappa shape index (κ1) is 36.9. The molecule has 2 aromatic carbocycles. The molecule has 0 spiro atoms. The Morgan fingerprint density at radius 3 is 0.923 bits per heavy atom. The number of para-hydroxylation sites is 2. The van der Waals surface area contributed by atoms with E-state index < -0.39 is 0 Å². The summed E-state index contributed by atoms with van der Waals surface area (Å²) in [6, 6.07) is 14.9. The van der Waals surface area contributed by atoms with E-state index in [1.165, 1.54) is 46.3 Å². The molecule has 2 aliphatic rings. The van der Waals surface area contributed by atoms with E-state index in [1.807, 2.05) is 36.4 Å². The SMILES string of the molecule is CC(C)(C)c1ccccc1O.CC(C)(C)c1ccccc1O.CC1=CC(C)=C(C)C1.CC1=CC(C)=C(C)C1.[Zr]. The molecule has 0 saturated heterocycles. The van der Waals surface area contributed by atoms with E-state index in [1.54, 1.807) is 12.1 Å². The number of aromatic hydroxyl groups is 2. The minimum absolute atomic E-state index is 0. The van der Waals surface area contributed by atoms with Crippen LogP contribution in [-0.2, 0) is 37.0 Å². The van der Waals surface area contributed by atoms with Crippen molar-refractivity contribution in [3.05, 3.63) is 105 Å². The van der Waals surface area contributed by atoms with E-state index in [-0.39, 0.29) is 37.0 Å². The Morgan fingerprint density at radius 2 is 0.795 bits per heavy atom. The van der Waals surface area contributed by atoms with Crippen molar-refractivity contribution < 1.29 is 36.4 Å². The van der Waals surface area contributed by atoms with Crippen LogP contribution in [0.25, 0.3) is 0 Å². The van der Waals surface area contributed by atoms with E-state index in [9.17, 15) is 10.2 Å². The molecule has 4 rings (SSSR count). The molecule has 0 bridgehead atoms. The van der Waals surface area contributed by atoms with Crippen LogP contribution in [-0.4, -0.2) is 10.2 Å². The molecule has 39 heavy (non-hydrogen) atoms. The third-order valence-corrected chi connectivity index (χ3v) is 6.78. The second-order valence-electron chi connectivity index (χ2n) is 12.8. The van der Waals surface area contributed by atoms with E-state index in [0.29, 0.717) is 11.5 Å². The first-order valence-corrected chi connectivity index (χ1v) is 13.7. The fourth-order valence-corrected chi connectivity index (χ4v) is 4.42. The third-order valence-electron chi connectivity index (χ3n) is 6.78. The Hall–Kier alpha value is -2.12. The van der Waals surface area contributed by atoms with Crippen molar-refractivity contribution in [2.75, 3.05) is 0 Å². The smallest absolute Gasteiger partial charge is 0.119 e. The molecular weight excluding hydrogens is 556 g/mol. The zero-order valence-electron chi connectivity index (χ0n) is 26.6. The maximum atomic E-state index is 9.45. The van der Waals surface area contributed by atoms with Crippen LogP contribution in [0, 0.1) is 0 Å². The van der Waals surface area contributed by atoms with E-state index in [4.69, 9.17) is 0 Å². The molecule has 0 unspecified atom stereocenters. The molecule has 0 saturated carbocycles. The Balaban J connectivity index is 0.000000495. The summed E-state index contributed by atoms with van der Waals surface area (Å²) in [5, 5.41) is 18.9. The predicted octanol–water partition coefficient (Wildman–Crippen LogP) is 10.7. The summed E-state index contributed by atoms with van der Waals surface area (Å²) in [7, 11) is 0. The Morgan fingerprint density at radius 1 is 0.513 bits per heavy atom. The quantitative estimate of drug-likeness (QED) is 0.313. The first-order valence-electron chi connectivity index (χ1n) is 13.7. The molecule has 2 nitrogen and oxygen atoms in total. The van der Waals surface area contributed by atoms with Crippen molar-refractivity contribution in [3.63, 3.8) is 0 Å². The predicted molar refractivity (Wildman–Crippen MR) is 167 cm³/mol. The van der Waals surface area contributed by atoms with Gasteiger partial charge in [0.15, 0.2) is 0 Å². The molecule has 0 amide bonds. The summed E-state index contributed by atoms with van der Waals surface area (Å²) < 4.78 is 0. The van der Waals surface area contributed by atoms with Gasteiger partial charge in [-0.2, -0.15) is 0 Å². The zero-order valence-corrected chi connectivity index (χ0v) is 29.0. The topological polar surface area (TPSA) is 40.5 Å². The standard InChI is InChI=1S/2C10H14O.2C8H12.Zr/c2*1-10(2,3)8-6-4-5-7-9(8)11;2*1-6-4-7(2)8(3)5-6;/h2*4-7,11H,1-3H3;2*4H,5H2,1-3H3;. The molecule has 0 aliphatic heterocycles. The van der Waals surface area contributed by atoms with Crippen molar-refractivity contribution >= 4 is 0 Å². The summed E-state index contributed by atoms with van der Waals surface area (Å²) in [4.78, 5) is 0. The molecule has 0 atom stereocenters. The van der Waals surface area contributed by atoms with Crippen molar-refractivity contribution in [1.82, 2.24) is 0 Å². The van der Waals surface area contributed by atoms with Gasteiger partial charge in [0.1, 0.15) is 11.5 Å². The minimum atomic E-state index is 0. The van der Waals surface area contributed by atoms with Gasteiger partial charge in [-0.1, -0.05) is 124 Å². The summed E-state index contributed by atoms with van der Waals surface area (Å²) in [5.74, 6) is 0.778. The van der Waals surface area contributed by atoms with Crippen LogP contribution < -0.4 is 0 Å². The number of allylic oxidation sites excluding steroid dienone is 8. The van der Waals surface area contributed by atoms with Crippen LogP contribution >= 0.6 is 0 Å². The van der Waals surface area contributed by atoms with Crippen LogP contribution in [0.5, 0.6) is 11.5 Å². The third kappa shape index (κ3) is 13.2. The van der Waals surface area contributed by atoms with Gasteiger partial charge in [0.2, 0.25) is 0 Å². The first-order chi connectivity index (χ1) is 17.4. The Bertz CT molecular complexity index is 1100. The molecule has 3 heteroatoms. The van der Waals surface area contributed by atoms with Gasteiger partial charge in [-0.15, -0.1) is 0 Å². The fourth-order valence-electron chi connectivity index (χ4n) is 4.42. The van der Waals surface area contributed by atoms with Crippen LogP contribution in [0.1, 0.15) is 107 Å². The zero-order chi connectivity index (χ0) is 29.3. The van der Waals surface area contributed by atoms with E-state index in [2.05, 4.69) is 95.2 Å². The molecule has 2 aliphatic carbocycles. The van der Waals surface area contributed by atoms with Gasteiger partial charge in [-0.05, 0) is 88.5 Å². The Labute approximate surface area is 258 Å². The molecule has 0 heterocycles. The van der Waals surface area contributed by atoms with Gasteiger partial charge < -0.3 is 10.2 Å². The van der Waals surface area contributed by atoms with Crippen molar-refractivity contribution in [2.24, 2.45) is 0 Å². The summed E-state index contributed by atoms with van der Waals surface area (Å²) in [5.41, 5.74) is 11.0. The maximum Gasteiger partial charge on any atom is 0.119 e. The van der Waals surface area contributed by atoms with Gasteiger partial charge in [-0.3, -0.25) is 0 Å². The van der Waals surface area contributed by atoms with Crippen molar-refractivity contribution in [1.29, 1.82) is 0 Å². The summed E-state index contributed by atoms with van der Waals surface area (Å²) in [6.45, 7) is 25.6. The molecule has 2 N–H and O–H groups in total. The van der Waals surface area contributed by atoms with E-state index in [0.717, 1.165) is 11.1 Å². The van der Waals surface area contributed by atoms with Gasteiger partial charge >= 0.3 is 0 Å². The van der Waals surface area contributed by atoms with Gasteiger partial charge in [-0.25, -0.2) is 0 Å².